The van der Waals surface area contributed by atoms with Crippen molar-refractivity contribution < 1.29 is 0 Å². The molecule has 2 aromatic heterocycles. The third-order valence-electron chi connectivity index (χ3n) is 2.65. The van der Waals surface area contributed by atoms with Crippen molar-refractivity contribution in [2.75, 3.05) is 18.5 Å². The van der Waals surface area contributed by atoms with Crippen molar-refractivity contribution in [2.45, 2.75) is 20.0 Å². The molecule has 0 aromatic carbocycles. The van der Waals surface area contributed by atoms with Gasteiger partial charge >= 0.3 is 0 Å². The highest BCUT2D eigenvalue weighted by Crippen LogP contribution is 2.13. The van der Waals surface area contributed by atoms with E-state index in [0.717, 1.165) is 31.1 Å². The first kappa shape index (κ1) is 13.0. The maximum atomic E-state index is 4.25. The van der Waals surface area contributed by atoms with E-state index >= 15 is 0 Å². The number of thiophene rings is 1. The first-order valence-corrected chi connectivity index (χ1v) is 6.99. The van der Waals surface area contributed by atoms with Gasteiger partial charge in [-0.05, 0) is 41.1 Å². The lowest BCUT2D eigenvalue weighted by Gasteiger charge is -2.16. The molecule has 2 heterocycles. The molecule has 0 aliphatic heterocycles. The fraction of sp³-hybridized carbons (Fsp3) is 0.385. The monoisotopic (exact) mass is 262 g/mol. The fourth-order valence-corrected chi connectivity index (χ4v) is 2.30. The molecule has 0 unspecified atom stereocenters. The van der Waals surface area contributed by atoms with E-state index in [9.17, 15) is 0 Å². The van der Waals surface area contributed by atoms with Crippen LogP contribution in [0.15, 0.2) is 29.0 Å². The van der Waals surface area contributed by atoms with Gasteiger partial charge in [-0.1, -0.05) is 6.92 Å². The molecule has 0 atom stereocenters. The molecule has 0 aliphatic carbocycles. The number of aromatic nitrogens is 2. The third-order valence-corrected chi connectivity index (χ3v) is 3.38. The van der Waals surface area contributed by atoms with Crippen molar-refractivity contribution in [1.29, 1.82) is 0 Å². The van der Waals surface area contributed by atoms with Crippen LogP contribution in [-0.2, 0) is 13.1 Å². The Balaban J connectivity index is 1.96. The predicted molar refractivity (Wildman–Crippen MR) is 75.8 cm³/mol. The molecule has 0 spiro atoms. The normalized spacial score (nSPS) is 10.6. The first-order chi connectivity index (χ1) is 8.79. The van der Waals surface area contributed by atoms with E-state index in [1.807, 2.05) is 19.2 Å². The summed E-state index contributed by atoms with van der Waals surface area (Å²) in [7, 11) is 2.03. The zero-order valence-corrected chi connectivity index (χ0v) is 11.6. The number of rotatable bonds is 6. The fourth-order valence-electron chi connectivity index (χ4n) is 1.64. The minimum Gasteiger partial charge on any atom is -0.354 e. The molecule has 0 bridgehead atoms. The second-order valence-corrected chi connectivity index (χ2v) is 4.93. The zero-order chi connectivity index (χ0) is 12.8. The van der Waals surface area contributed by atoms with E-state index in [2.05, 4.69) is 44.2 Å². The maximum Gasteiger partial charge on any atom is 0.151 e. The summed E-state index contributed by atoms with van der Waals surface area (Å²) in [4.78, 5) is 2.10. The summed E-state index contributed by atoms with van der Waals surface area (Å²) in [6, 6.07) is 6.18. The van der Waals surface area contributed by atoms with Gasteiger partial charge in [0.15, 0.2) is 5.82 Å². The van der Waals surface area contributed by atoms with Crippen LogP contribution < -0.4 is 10.2 Å². The Labute approximate surface area is 112 Å². The molecule has 1 N–H and O–H groups in total. The highest BCUT2D eigenvalue weighted by molar-refractivity contribution is 7.07. The number of hydrogen-bond acceptors (Lipinski definition) is 5. The van der Waals surface area contributed by atoms with Gasteiger partial charge < -0.3 is 10.2 Å². The van der Waals surface area contributed by atoms with Crippen LogP contribution in [-0.4, -0.2) is 23.8 Å². The van der Waals surface area contributed by atoms with E-state index in [0.29, 0.717) is 0 Å². The number of hydrogen-bond donors (Lipinski definition) is 1. The summed E-state index contributed by atoms with van der Waals surface area (Å²) < 4.78 is 0. The molecule has 0 saturated carbocycles. The van der Waals surface area contributed by atoms with Crippen LogP contribution in [0.4, 0.5) is 5.82 Å². The van der Waals surface area contributed by atoms with Gasteiger partial charge in [-0.25, -0.2) is 0 Å². The van der Waals surface area contributed by atoms with Gasteiger partial charge in [0, 0.05) is 20.1 Å². The van der Waals surface area contributed by atoms with Crippen molar-refractivity contribution in [3.05, 3.63) is 40.2 Å². The topological polar surface area (TPSA) is 41.0 Å². The van der Waals surface area contributed by atoms with E-state index in [1.54, 1.807) is 11.3 Å². The van der Waals surface area contributed by atoms with Crippen molar-refractivity contribution in [2.24, 2.45) is 0 Å². The van der Waals surface area contributed by atoms with Crippen molar-refractivity contribution in [3.8, 4) is 0 Å². The van der Waals surface area contributed by atoms with Gasteiger partial charge in [0.25, 0.3) is 0 Å². The Kier molecular flexibility index (Phi) is 4.66. The summed E-state index contributed by atoms with van der Waals surface area (Å²) in [6.07, 6.45) is 0. The second kappa shape index (κ2) is 6.47. The zero-order valence-electron chi connectivity index (χ0n) is 10.8. The SMILES string of the molecule is CCNCc1ccc(N(C)Cc2ccsc2)nn1. The highest BCUT2D eigenvalue weighted by Gasteiger charge is 2.04. The number of anilines is 1. The van der Waals surface area contributed by atoms with Crippen molar-refractivity contribution in [3.63, 3.8) is 0 Å². The van der Waals surface area contributed by atoms with Gasteiger partial charge in [0.05, 0.1) is 5.69 Å². The minimum atomic E-state index is 0.776. The molecule has 5 heteroatoms. The van der Waals surface area contributed by atoms with Gasteiger partial charge in [0.1, 0.15) is 0 Å². The van der Waals surface area contributed by atoms with E-state index in [1.165, 1.54) is 5.56 Å². The lowest BCUT2D eigenvalue weighted by Crippen LogP contribution is -2.19. The van der Waals surface area contributed by atoms with E-state index in [-0.39, 0.29) is 0 Å². The largest absolute Gasteiger partial charge is 0.354 e. The van der Waals surface area contributed by atoms with Crippen LogP contribution in [0.1, 0.15) is 18.2 Å². The predicted octanol–water partition coefficient (Wildman–Crippen LogP) is 2.28. The lowest BCUT2D eigenvalue weighted by molar-refractivity contribution is 0.696. The molecule has 0 aliphatic rings. The van der Waals surface area contributed by atoms with Gasteiger partial charge in [-0.3, -0.25) is 0 Å². The van der Waals surface area contributed by atoms with Crippen molar-refractivity contribution in [1.82, 2.24) is 15.5 Å². The summed E-state index contributed by atoms with van der Waals surface area (Å²) >= 11 is 1.72. The molecular weight excluding hydrogens is 244 g/mol. The summed E-state index contributed by atoms with van der Waals surface area (Å²) in [5.74, 6) is 0.904. The van der Waals surface area contributed by atoms with Gasteiger partial charge in [-0.2, -0.15) is 16.4 Å². The van der Waals surface area contributed by atoms with Gasteiger partial charge in [-0.15, -0.1) is 5.10 Å². The van der Waals surface area contributed by atoms with Crippen LogP contribution in [0.5, 0.6) is 0 Å². The first-order valence-electron chi connectivity index (χ1n) is 6.05. The Morgan fingerprint density at radius 1 is 1.28 bits per heavy atom. The Morgan fingerprint density at radius 2 is 2.17 bits per heavy atom. The summed E-state index contributed by atoms with van der Waals surface area (Å²) in [6.45, 7) is 4.67. The summed E-state index contributed by atoms with van der Waals surface area (Å²) in [5, 5.41) is 15.9. The Bertz CT molecular complexity index is 452. The number of nitrogens with zero attached hydrogens (tertiary/aromatic N) is 3. The molecule has 2 aromatic rings. The summed E-state index contributed by atoms with van der Waals surface area (Å²) in [5.41, 5.74) is 2.28. The minimum absolute atomic E-state index is 0.776. The standard InChI is InChI=1S/C13H18N4S/c1-3-14-8-12-4-5-13(16-15-12)17(2)9-11-6-7-18-10-11/h4-7,10,14H,3,8-9H2,1-2H3. The smallest absolute Gasteiger partial charge is 0.151 e. The third kappa shape index (κ3) is 3.51. The second-order valence-electron chi connectivity index (χ2n) is 4.15. The van der Waals surface area contributed by atoms with Crippen LogP contribution >= 0.6 is 11.3 Å². The quantitative estimate of drug-likeness (QED) is 0.867. The molecule has 0 radical (unpaired) electrons. The average molecular weight is 262 g/mol. The molecule has 0 saturated heterocycles. The molecule has 2 rings (SSSR count). The molecule has 0 fully saturated rings. The van der Waals surface area contributed by atoms with Crippen molar-refractivity contribution >= 4 is 17.2 Å². The molecule has 0 amide bonds. The average Bonchev–Trinajstić information content (AvgIpc) is 2.89. The lowest BCUT2D eigenvalue weighted by atomic mass is 10.3. The van der Waals surface area contributed by atoms with Crippen LogP contribution in [0.3, 0.4) is 0 Å². The van der Waals surface area contributed by atoms with Crippen LogP contribution in [0, 0.1) is 0 Å². The maximum absolute atomic E-state index is 4.25. The molecule has 96 valence electrons. The highest BCUT2D eigenvalue weighted by atomic mass is 32.1. The van der Waals surface area contributed by atoms with Gasteiger partial charge in [0.2, 0.25) is 0 Å². The number of nitrogens with one attached hydrogen (secondary N) is 1. The van der Waals surface area contributed by atoms with Crippen LogP contribution in [0.25, 0.3) is 0 Å². The van der Waals surface area contributed by atoms with Crippen LogP contribution in [0.2, 0.25) is 0 Å². The molecule has 4 nitrogen and oxygen atoms in total. The molecule has 18 heavy (non-hydrogen) atoms. The Hall–Kier alpha value is -1.46. The Morgan fingerprint density at radius 3 is 2.78 bits per heavy atom. The van der Waals surface area contributed by atoms with E-state index < -0.39 is 0 Å². The molecular formula is C13H18N4S. The van der Waals surface area contributed by atoms with E-state index in [4.69, 9.17) is 0 Å².